The van der Waals surface area contributed by atoms with Gasteiger partial charge in [-0.05, 0) is 33.5 Å². The lowest BCUT2D eigenvalue weighted by molar-refractivity contribution is 0.0711. The van der Waals surface area contributed by atoms with Crippen molar-refractivity contribution in [3.05, 3.63) is 0 Å². The summed E-state index contributed by atoms with van der Waals surface area (Å²) < 4.78 is 4.95. The molecule has 0 radical (unpaired) electrons. The molecule has 2 unspecified atom stereocenters. The number of nitrogens with one attached hydrogen (secondary N) is 1. The van der Waals surface area contributed by atoms with Crippen LogP contribution in [0.15, 0.2) is 0 Å². The number of β-amino-alcohol motifs (C(OH)–C–C–N with tert-alkyl or cyclic N) is 1. The third-order valence-electron chi connectivity index (χ3n) is 3.54. The highest BCUT2D eigenvalue weighted by atomic mass is 16.5. The predicted octanol–water partition coefficient (Wildman–Crippen LogP) is -0.391. The van der Waals surface area contributed by atoms with Crippen LogP contribution in [0.2, 0.25) is 0 Å². The van der Waals surface area contributed by atoms with Crippen molar-refractivity contribution in [2.75, 3.05) is 60.5 Å². The minimum Gasteiger partial charge on any atom is -0.390 e. The van der Waals surface area contributed by atoms with Gasteiger partial charge >= 0.3 is 0 Å². The number of rotatable bonds is 8. The third kappa shape index (κ3) is 6.11. The standard InChI is InChI=1S/C13H29N3O2/c1-15(2)12-5-4-7-16(10-12)11-13(17)9-14-6-8-18-3/h12-14,17H,4-11H2,1-3H3. The lowest BCUT2D eigenvalue weighted by Gasteiger charge is -2.37. The van der Waals surface area contributed by atoms with Gasteiger partial charge in [0.25, 0.3) is 0 Å². The molecule has 5 heteroatoms. The Labute approximate surface area is 111 Å². The van der Waals surface area contributed by atoms with Gasteiger partial charge in [-0.15, -0.1) is 0 Å². The molecule has 0 spiro atoms. The number of hydrogen-bond acceptors (Lipinski definition) is 5. The number of likely N-dealkylation sites (N-methyl/N-ethyl adjacent to an activating group) is 1. The largest absolute Gasteiger partial charge is 0.390 e. The van der Waals surface area contributed by atoms with E-state index in [2.05, 4.69) is 29.2 Å². The van der Waals surface area contributed by atoms with E-state index >= 15 is 0 Å². The van der Waals surface area contributed by atoms with Crippen LogP contribution in [0.3, 0.4) is 0 Å². The van der Waals surface area contributed by atoms with E-state index in [4.69, 9.17) is 4.74 Å². The number of likely N-dealkylation sites (tertiary alicyclic amines) is 1. The van der Waals surface area contributed by atoms with Gasteiger partial charge in [0.15, 0.2) is 0 Å². The van der Waals surface area contributed by atoms with Gasteiger partial charge in [0.1, 0.15) is 0 Å². The van der Waals surface area contributed by atoms with Gasteiger partial charge in [-0.1, -0.05) is 0 Å². The summed E-state index contributed by atoms with van der Waals surface area (Å²) in [4.78, 5) is 4.66. The second-order valence-corrected chi connectivity index (χ2v) is 5.37. The molecule has 1 aliphatic rings. The molecule has 18 heavy (non-hydrogen) atoms. The summed E-state index contributed by atoms with van der Waals surface area (Å²) in [6, 6.07) is 0.632. The van der Waals surface area contributed by atoms with Crippen molar-refractivity contribution in [1.82, 2.24) is 15.1 Å². The van der Waals surface area contributed by atoms with Gasteiger partial charge in [-0.3, -0.25) is 4.90 Å². The molecule has 0 amide bonds. The average Bonchev–Trinajstić information content (AvgIpc) is 2.35. The fourth-order valence-corrected chi connectivity index (χ4v) is 2.42. The van der Waals surface area contributed by atoms with Crippen LogP contribution >= 0.6 is 0 Å². The summed E-state index contributed by atoms with van der Waals surface area (Å²) in [5.74, 6) is 0. The molecule has 0 bridgehead atoms. The van der Waals surface area contributed by atoms with Crippen LogP contribution < -0.4 is 5.32 Å². The molecule has 1 aliphatic heterocycles. The number of aliphatic hydroxyl groups is 1. The molecule has 1 saturated heterocycles. The number of hydrogen-bond donors (Lipinski definition) is 2. The Morgan fingerprint density at radius 1 is 1.50 bits per heavy atom. The fourth-order valence-electron chi connectivity index (χ4n) is 2.42. The first-order chi connectivity index (χ1) is 8.63. The Morgan fingerprint density at radius 3 is 2.94 bits per heavy atom. The maximum absolute atomic E-state index is 9.97. The van der Waals surface area contributed by atoms with Crippen LogP contribution in [0.5, 0.6) is 0 Å². The first-order valence-electron chi connectivity index (χ1n) is 6.90. The highest BCUT2D eigenvalue weighted by molar-refractivity contribution is 4.79. The lowest BCUT2D eigenvalue weighted by Crippen LogP contribution is -2.48. The highest BCUT2D eigenvalue weighted by Gasteiger charge is 2.22. The molecule has 1 heterocycles. The van der Waals surface area contributed by atoms with Crippen molar-refractivity contribution in [1.29, 1.82) is 0 Å². The topological polar surface area (TPSA) is 48.0 Å². The van der Waals surface area contributed by atoms with Gasteiger partial charge < -0.3 is 20.1 Å². The Hall–Kier alpha value is -0.200. The Morgan fingerprint density at radius 2 is 2.28 bits per heavy atom. The zero-order chi connectivity index (χ0) is 13.4. The predicted molar refractivity (Wildman–Crippen MR) is 73.9 cm³/mol. The van der Waals surface area contributed by atoms with Crippen molar-refractivity contribution in [2.24, 2.45) is 0 Å². The van der Waals surface area contributed by atoms with Crippen molar-refractivity contribution in [3.8, 4) is 0 Å². The van der Waals surface area contributed by atoms with E-state index in [1.165, 1.54) is 12.8 Å². The highest BCUT2D eigenvalue weighted by Crippen LogP contribution is 2.13. The molecule has 1 fully saturated rings. The molecule has 108 valence electrons. The van der Waals surface area contributed by atoms with E-state index in [1.807, 2.05) is 0 Å². The Bertz CT molecular complexity index is 214. The Kier molecular flexibility index (Phi) is 7.77. The van der Waals surface area contributed by atoms with Gasteiger partial charge in [0.2, 0.25) is 0 Å². The summed E-state index contributed by atoms with van der Waals surface area (Å²) in [5.41, 5.74) is 0. The van der Waals surface area contributed by atoms with Gasteiger partial charge in [0.05, 0.1) is 12.7 Å². The molecule has 2 N–H and O–H groups in total. The normalized spacial score (nSPS) is 23.5. The fraction of sp³-hybridized carbons (Fsp3) is 1.00. The average molecular weight is 259 g/mol. The molecular formula is C13H29N3O2. The summed E-state index contributed by atoms with van der Waals surface area (Å²) in [6.07, 6.45) is 2.21. The quantitative estimate of drug-likeness (QED) is 0.581. The lowest BCUT2D eigenvalue weighted by atomic mass is 10.0. The van der Waals surface area contributed by atoms with Crippen molar-refractivity contribution >= 4 is 0 Å². The number of nitrogens with zero attached hydrogens (tertiary/aromatic N) is 2. The minimum absolute atomic E-state index is 0.289. The van der Waals surface area contributed by atoms with E-state index < -0.39 is 0 Å². The number of methoxy groups -OCH3 is 1. The maximum Gasteiger partial charge on any atom is 0.0791 e. The zero-order valence-corrected chi connectivity index (χ0v) is 12.1. The van der Waals surface area contributed by atoms with Crippen LogP contribution in [0.4, 0.5) is 0 Å². The van der Waals surface area contributed by atoms with Crippen molar-refractivity contribution < 1.29 is 9.84 Å². The number of ether oxygens (including phenoxy) is 1. The van der Waals surface area contributed by atoms with Crippen LogP contribution in [0.1, 0.15) is 12.8 Å². The minimum atomic E-state index is -0.289. The summed E-state index contributed by atoms with van der Waals surface area (Å²) >= 11 is 0. The first-order valence-corrected chi connectivity index (χ1v) is 6.90. The van der Waals surface area contributed by atoms with Gasteiger partial charge in [-0.2, -0.15) is 0 Å². The smallest absolute Gasteiger partial charge is 0.0791 e. The van der Waals surface area contributed by atoms with E-state index in [9.17, 15) is 5.11 Å². The van der Waals surface area contributed by atoms with Crippen molar-refractivity contribution in [2.45, 2.75) is 25.0 Å². The van der Waals surface area contributed by atoms with E-state index in [0.29, 0.717) is 19.2 Å². The van der Waals surface area contributed by atoms with Crippen molar-refractivity contribution in [3.63, 3.8) is 0 Å². The molecule has 2 atom stereocenters. The van der Waals surface area contributed by atoms with Crippen LogP contribution in [0.25, 0.3) is 0 Å². The number of aliphatic hydroxyl groups excluding tert-OH is 1. The molecule has 0 aromatic rings. The van der Waals surface area contributed by atoms with E-state index in [0.717, 1.165) is 26.2 Å². The molecule has 0 aromatic heterocycles. The summed E-state index contributed by atoms with van der Waals surface area (Å²) in [6.45, 7) is 5.09. The van der Waals surface area contributed by atoms with Crippen LogP contribution in [-0.2, 0) is 4.74 Å². The third-order valence-corrected chi connectivity index (χ3v) is 3.54. The molecule has 0 aromatic carbocycles. The zero-order valence-electron chi connectivity index (χ0n) is 12.1. The second kappa shape index (κ2) is 8.82. The van der Waals surface area contributed by atoms with Crippen LogP contribution in [0, 0.1) is 0 Å². The maximum atomic E-state index is 9.97. The molecule has 0 saturated carbocycles. The van der Waals surface area contributed by atoms with Gasteiger partial charge in [0, 0.05) is 39.3 Å². The summed E-state index contributed by atoms with van der Waals surface area (Å²) in [7, 11) is 5.96. The SMILES string of the molecule is COCCNCC(O)CN1CCCC(N(C)C)C1. The monoisotopic (exact) mass is 259 g/mol. The summed E-state index contributed by atoms with van der Waals surface area (Å²) in [5, 5.41) is 13.2. The Balaban J connectivity index is 2.16. The van der Waals surface area contributed by atoms with E-state index in [1.54, 1.807) is 7.11 Å². The number of piperidine rings is 1. The molecule has 0 aliphatic carbocycles. The first kappa shape index (κ1) is 15.9. The molecule has 5 nitrogen and oxygen atoms in total. The second-order valence-electron chi connectivity index (χ2n) is 5.37. The van der Waals surface area contributed by atoms with Gasteiger partial charge in [-0.25, -0.2) is 0 Å². The molecule has 1 rings (SSSR count). The van der Waals surface area contributed by atoms with E-state index in [-0.39, 0.29) is 6.10 Å². The molecular weight excluding hydrogens is 230 g/mol. The van der Waals surface area contributed by atoms with Crippen LogP contribution in [-0.4, -0.2) is 87.6 Å².